The van der Waals surface area contributed by atoms with Crippen LogP contribution in [0.25, 0.3) is 5.69 Å². The maximum atomic E-state index is 12.7. The van der Waals surface area contributed by atoms with Gasteiger partial charge in [-0.05, 0) is 12.1 Å². The molecule has 1 heterocycles. The first-order valence-electron chi connectivity index (χ1n) is 4.72. The summed E-state index contributed by atoms with van der Waals surface area (Å²) in [7, 11) is 0. The monoisotopic (exact) mass is 243 g/mol. The van der Waals surface area contributed by atoms with Crippen LogP contribution in [-0.4, -0.2) is 19.9 Å². The predicted molar refractivity (Wildman–Crippen MR) is 52.3 cm³/mol. The summed E-state index contributed by atoms with van der Waals surface area (Å²) in [4.78, 5) is 0. The summed E-state index contributed by atoms with van der Waals surface area (Å²) in [6.45, 7) is -0.613. The maximum Gasteiger partial charge on any atom is 0.452 e. The number of para-hydroxylation sites is 1. The first-order chi connectivity index (χ1) is 8.04. The Morgan fingerprint density at radius 2 is 1.76 bits per heavy atom. The Kier molecular flexibility index (Phi) is 2.84. The fraction of sp³-hybridized carbons (Fsp3) is 0.200. The molecule has 0 aliphatic carbocycles. The summed E-state index contributed by atoms with van der Waals surface area (Å²) in [5.41, 5.74) is 0.258. The minimum atomic E-state index is -4.61. The van der Waals surface area contributed by atoms with Gasteiger partial charge < -0.3 is 5.11 Å². The van der Waals surface area contributed by atoms with Crippen LogP contribution in [0, 0.1) is 0 Å². The molecular formula is C10H8F3N3O. The number of halogens is 3. The van der Waals surface area contributed by atoms with Gasteiger partial charge in [0.25, 0.3) is 0 Å². The van der Waals surface area contributed by atoms with Crippen molar-refractivity contribution in [3.05, 3.63) is 42.0 Å². The molecule has 4 nitrogen and oxygen atoms in total. The van der Waals surface area contributed by atoms with E-state index in [0.717, 1.165) is 4.57 Å². The standard InChI is InChI=1S/C10H8F3N3O/c11-10(12,13)9-15-14-8(6-17)16(9)7-4-2-1-3-5-7/h1-5,17H,6H2. The highest BCUT2D eigenvalue weighted by molar-refractivity contribution is 5.34. The second kappa shape index (κ2) is 4.17. The van der Waals surface area contributed by atoms with E-state index in [9.17, 15) is 13.2 Å². The second-order valence-corrected chi connectivity index (χ2v) is 3.27. The molecule has 0 unspecified atom stereocenters. The number of hydrogen-bond acceptors (Lipinski definition) is 3. The zero-order valence-electron chi connectivity index (χ0n) is 8.52. The number of aliphatic hydroxyl groups is 1. The SMILES string of the molecule is OCc1nnc(C(F)(F)F)n1-c1ccccc1. The molecular weight excluding hydrogens is 235 g/mol. The summed E-state index contributed by atoms with van der Waals surface area (Å²) in [5, 5.41) is 15.4. The summed E-state index contributed by atoms with van der Waals surface area (Å²) in [6.07, 6.45) is -4.61. The number of rotatable bonds is 2. The molecule has 90 valence electrons. The van der Waals surface area contributed by atoms with Crippen molar-refractivity contribution in [3.63, 3.8) is 0 Å². The maximum absolute atomic E-state index is 12.7. The van der Waals surface area contributed by atoms with Gasteiger partial charge in [0, 0.05) is 5.69 Å². The Labute approximate surface area is 94.3 Å². The highest BCUT2D eigenvalue weighted by Gasteiger charge is 2.38. The van der Waals surface area contributed by atoms with E-state index in [1.54, 1.807) is 18.2 Å². The summed E-state index contributed by atoms with van der Waals surface area (Å²) in [5.74, 6) is -1.30. The smallest absolute Gasteiger partial charge is 0.388 e. The predicted octanol–water partition coefficient (Wildman–Crippen LogP) is 1.78. The molecule has 0 spiro atoms. The van der Waals surface area contributed by atoms with Gasteiger partial charge in [-0.1, -0.05) is 18.2 Å². The van der Waals surface area contributed by atoms with Crippen molar-refractivity contribution in [3.8, 4) is 5.69 Å². The average Bonchev–Trinajstić information content (AvgIpc) is 2.73. The van der Waals surface area contributed by atoms with E-state index < -0.39 is 18.6 Å². The van der Waals surface area contributed by atoms with Gasteiger partial charge in [-0.2, -0.15) is 13.2 Å². The molecule has 0 bridgehead atoms. The van der Waals surface area contributed by atoms with Gasteiger partial charge in [0.15, 0.2) is 5.82 Å². The minimum absolute atomic E-state index is 0.150. The Bertz CT molecular complexity index is 507. The van der Waals surface area contributed by atoms with Crippen LogP contribution in [0.1, 0.15) is 11.6 Å². The summed E-state index contributed by atoms with van der Waals surface area (Å²) >= 11 is 0. The zero-order valence-corrected chi connectivity index (χ0v) is 8.52. The quantitative estimate of drug-likeness (QED) is 0.874. The first-order valence-corrected chi connectivity index (χ1v) is 4.72. The molecule has 17 heavy (non-hydrogen) atoms. The minimum Gasteiger partial charge on any atom is -0.388 e. The van der Waals surface area contributed by atoms with Crippen LogP contribution in [-0.2, 0) is 12.8 Å². The van der Waals surface area contributed by atoms with E-state index in [4.69, 9.17) is 5.11 Å². The van der Waals surface area contributed by atoms with Gasteiger partial charge in [-0.25, -0.2) is 0 Å². The molecule has 1 N–H and O–H groups in total. The van der Waals surface area contributed by atoms with Crippen molar-refractivity contribution in [2.24, 2.45) is 0 Å². The molecule has 0 radical (unpaired) electrons. The number of hydrogen-bond donors (Lipinski definition) is 1. The van der Waals surface area contributed by atoms with Crippen LogP contribution in [0.4, 0.5) is 13.2 Å². The number of aliphatic hydroxyl groups excluding tert-OH is 1. The first kappa shape index (κ1) is 11.6. The fourth-order valence-electron chi connectivity index (χ4n) is 1.45. The van der Waals surface area contributed by atoms with E-state index in [0.29, 0.717) is 0 Å². The van der Waals surface area contributed by atoms with Crippen molar-refractivity contribution >= 4 is 0 Å². The fourth-order valence-corrected chi connectivity index (χ4v) is 1.45. The Balaban J connectivity index is 2.62. The highest BCUT2D eigenvalue weighted by atomic mass is 19.4. The molecule has 7 heteroatoms. The molecule has 0 saturated carbocycles. The van der Waals surface area contributed by atoms with Crippen LogP contribution < -0.4 is 0 Å². The van der Waals surface area contributed by atoms with Crippen molar-refractivity contribution < 1.29 is 18.3 Å². The Hall–Kier alpha value is -1.89. The molecule has 0 fully saturated rings. The molecule has 0 atom stereocenters. The zero-order chi connectivity index (χ0) is 12.5. The third-order valence-corrected chi connectivity index (χ3v) is 2.14. The van der Waals surface area contributed by atoms with E-state index in [2.05, 4.69) is 10.2 Å². The molecule has 2 rings (SSSR count). The van der Waals surface area contributed by atoms with Crippen molar-refractivity contribution in [2.75, 3.05) is 0 Å². The molecule has 0 aliphatic rings. The average molecular weight is 243 g/mol. The normalized spacial score (nSPS) is 11.8. The number of aromatic nitrogens is 3. The molecule has 0 aliphatic heterocycles. The van der Waals surface area contributed by atoms with Gasteiger partial charge in [-0.15, -0.1) is 10.2 Å². The van der Waals surface area contributed by atoms with Crippen LogP contribution in [0.2, 0.25) is 0 Å². The van der Waals surface area contributed by atoms with Crippen LogP contribution in [0.5, 0.6) is 0 Å². The van der Waals surface area contributed by atoms with Crippen LogP contribution >= 0.6 is 0 Å². The Morgan fingerprint density at radius 1 is 1.12 bits per heavy atom. The lowest BCUT2D eigenvalue weighted by atomic mass is 10.3. The van der Waals surface area contributed by atoms with E-state index in [1.807, 2.05) is 0 Å². The van der Waals surface area contributed by atoms with Gasteiger partial charge >= 0.3 is 6.18 Å². The molecule has 2 aromatic rings. The largest absolute Gasteiger partial charge is 0.452 e. The van der Waals surface area contributed by atoms with Crippen molar-refractivity contribution in [1.29, 1.82) is 0 Å². The lowest BCUT2D eigenvalue weighted by Crippen LogP contribution is -2.15. The Morgan fingerprint density at radius 3 is 2.29 bits per heavy atom. The molecule has 0 amide bonds. The number of alkyl halides is 3. The summed E-state index contributed by atoms with van der Waals surface area (Å²) < 4.78 is 38.8. The van der Waals surface area contributed by atoms with Crippen molar-refractivity contribution in [1.82, 2.24) is 14.8 Å². The summed E-state index contributed by atoms with van der Waals surface area (Å²) in [6, 6.07) is 7.84. The van der Waals surface area contributed by atoms with Crippen LogP contribution in [0.3, 0.4) is 0 Å². The lowest BCUT2D eigenvalue weighted by molar-refractivity contribution is -0.146. The molecule has 0 saturated heterocycles. The van der Waals surface area contributed by atoms with Gasteiger partial charge in [0.2, 0.25) is 5.82 Å². The topological polar surface area (TPSA) is 50.9 Å². The van der Waals surface area contributed by atoms with Gasteiger partial charge in [0.1, 0.15) is 6.61 Å². The van der Waals surface area contributed by atoms with E-state index in [1.165, 1.54) is 12.1 Å². The second-order valence-electron chi connectivity index (χ2n) is 3.27. The lowest BCUT2D eigenvalue weighted by Gasteiger charge is -2.10. The third-order valence-electron chi connectivity index (χ3n) is 2.14. The van der Waals surface area contributed by atoms with E-state index in [-0.39, 0.29) is 11.5 Å². The van der Waals surface area contributed by atoms with Gasteiger partial charge in [-0.3, -0.25) is 4.57 Å². The van der Waals surface area contributed by atoms with Crippen molar-refractivity contribution in [2.45, 2.75) is 12.8 Å². The molecule has 1 aromatic carbocycles. The van der Waals surface area contributed by atoms with E-state index >= 15 is 0 Å². The van der Waals surface area contributed by atoms with Gasteiger partial charge in [0.05, 0.1) is 0 Å². The van der Waals surface area contributed by atoms with Crippen LogP contribution in [0.15, 0.2) is 30.3 Å². The molecule has 1 aromatic heterocycles. The number of benzene rings is 1. The third kappa shape index (κ3) is 2.14. The number of nitrogens with zero attached hydrogens (tertiary/aromatic N) is 3. The highest BCUT2D eigenvalue weighted by Crippen LogP contribution is 2.30.